The lowest BCUT2D eigenvalue weighted by atomic mass is 10.0. The van der Waals surface area contributed by atoms with Crippen LogP contribution in [-0.4, -0.2) is 45.9 Å². The number of sulfone groups is 1. The van der Waals surface area contributed by atoms with Gasteiger partial charge in [-0.15, -0.1) is 0 Å². The topological polar surface area (TPSA) is 81.1 Å². The Morgan fingerprint density at radius 2 is 1.80 bits per heavy atom. The SMILES string of the molecule is CS(=O)(=O)c1ccccc1-c1ccc(NC(=O)c2cc(C(F)(F)F)n[n]2[Al])c(F)c1. The summed E-state index contributed by atoms with van der Waals surface area (Å²) in [7, 11) is -3.57. The maximum Gasteiger partial charge on any atom is 0.435 e. The fourth-order valence-corrected chi connectivity index (χ4v) is 3.93. The van der Waals surface area contributed by atoms with E-state index < -0.39 is 39.1 Å². The second-order valence-corrected chi connectivity index (χ2v) is 8.75. The average Bonchev–Trinajstić information content (AvgIpc) is 3.05. The monoisotopic (exact) mass is 453 g/mol. The van der Waals surface area contributed by atoms with Gasteiger partial charge in [0.05, 0.1) is 16.3 Å². The molecule has 1 amide bonds. The van der Waals surface area contributed by atoms with E-state index in [2.05, 4.69) is 10.4 Å². The molecule has 0 bridgehead atoms. The van der Waals surface area contributed by atoms with Gasteiger partial charge < -0.3 is 8.98 Å². The highest BCUT2D eigenvalue weighted by Crippen LogP contribution is 2.31. The van der Waals surface area contributed by atoms with E-state index >= 15 is 0 Å². The lowest BCUT2D eigenvalue weighted by Gasteiger charge is -2.11. The molecule has 3 aromatic rings. The van der Waals surface area contributed by atoms with Crippen LogP contribution in [0.5, 0.6) is 0 Å². The number of alkyl halides is 3. The second-order valence-electron chi connectivity index (χ2n) is 6.27. The van der Waals surface area contributed by atoms with Crippen LogP contribution in [0.4, 0.5) is 23.2 Å². The summed E-state index contributed by atoms with van der Waals surface area (Å²) in [4.78, 5) is 12.3. The molecule has 0 unspecified atom stereocenters. The van der Waals surface area contributed by atoms with Crippen LogP contribution in [0, 0.1) is 5.82 Å². The summed E-state index contributed by atoms with van der Waals surface area (Å²) >= 11 is 1.85. The number of benzene rings is 2. The molecule has 2 aromatic carbocycles. The van der Waals surface area contributed by atoms with Crippen LogP contribution in [0.3, 0.4) is 0 Å². The molecule has 154 valence electrons. The summed E-state index contributed by atoms with van der Waals surface area (Å²) in [5, 5.41) is 5.38. The molecular formula is C18H12AlF4N3O3S. The van der Waals surface area contributed by atoms with E-state index in [1.165, 1.54) is 30.3 Å². The van der Waals surface area contributed by atoms with Gasteiger partial charge in [0, 0.05) is 11.8 Å². The molecule has 0 aliphatic carbocycles. The molecule has 1 heterocycles. The minimum absolute atomic E-state index is 0.00720. The number of nitrogens with zero attached hydrogens (tertiary/aromatic N) is 2. The number of hydrogen-bond acceptors (Lipinski definition) is 4. The van der Waals surface area contributed by atoms with Crippen molar-refractivity contribution >= 4 is 37.9 Å². The highest BCUT2D eigenvalue weighted by Gasteiger charge is 2.35. The maximum absolute atomic E-state index is 14.6. The van der Waals surface area contributed by atoms with Gasteiger partial charge in [-0.05, 0) is 29.8 Å². The van der Waals surface area contributed by atoms with Crippen molar-refractivity contribution in [1.82, 2.24) is 8.76 Å². The summed E-state index contributed by atoms with van der Waals surface area (Å²) in [6.07, 6.45) is -3.71. The summed E-state index contributed by atoms with van der Waals surface area (Å²) in [5.41, 5.74) is -1.48. The van der Waals surface area contributed by atoms with Gasteiger partial charge in [0.1, 0.15) is 5.82 Å². The molecule has 2 radical (unpaired) electrons. The van der Waals surface area contributed by atoms with E-state index in [0.29, 0.717) is 9.73 Å². The molecule has 0 saturated heterocycles. The number of anilines is 1. The van der Waals surface area contributed by atoms with Crippen LogP contribution >= 0.6 is 0 Å². The Balaban J connectivity index is 1.91. The molecule has 1 aromatic heterocycles. The molecule has 0 fully saturated rings. The molecule has 0 aliphatic heterocycles. The molecule has 0 spiro atoms. The van der Waals surface area contributed by atoms with E-state index in [-0.39, 0.29) is 21.7 Å². The third kappa shape index (κ3) is 4.56. The smallest absolute Gasteiger partial charge is 0.379 e. The van der Waals surface area contributed by atoms with Gasteiger partial charge in [0.2, 0.25) is 0 Å². The van der Waals surface area contributed by atoms with E-state index in [0.717, 1.165) is 12.3 Å². The molecule has 12 heteroatoms. The number of rotatable bonds is 4. The van der Waals surface area contributed by atoms with Gasteiger partial charge in [-0.2, -0.15) is 18.3 Å². The fourth-order valence-electron chi connectivity index (χ4n) is 2.70. The predicted octanol–water partition coefficient (Wildman–Crippen LogP) is 3.30. The van der Waals surface area contributed by atoms with E-state index in [4.69, 9.17) is 0 Å². The normalized spacial score (nSPS) is 12.0. The van der Waals surface area contributed by atoms with Gasteiger partial charge in [-0.1, -0.05) is 24.3 Å². The summed E-state index contributed by atoms with van der Waals surface area (Å²) in [6.45, 7) is 0. The van der Waals surface area contributed by atoms with E-state index in [1.54, 1.807) is 6.07 Å². The quantitative estimate of drug-likeness (QED) is 0.486. The van der Waals surface area contributed by atoms with Crippen LogP contribution in [0.1, 0.15) is 16.2 Å². The summed E-state index contributed by atoms with van der Waals surface area (Å²) in [5.74, 6) is -1.90. The molecule has 3 rings (SSSR count). The maximum atomic E-state index is 14.6. The van der Waals surface area contributed by atoms with Crippen molar-refractivity contribution in [2.24, 2.45) is 0 Å². The van der Waals surface area contributed by atoms with Crippen molar-refractivity contribution in [3.63, 3.8) is 0 Å². The largest absolute Gasteiger partial charge is 0.435 e. The van der Waals surface area contributed by atoms with Crippen molar-refractivity contribution < 1.29 is 30.8 Å². The Bertz CT molecular complexity index is 1240. The summed E-state index contributed by atoms with van der Waals surface area (Å²) in [6, 6.07) is 10.2. The Labute approximate surface area is 177 Å². The third-order valence-electron chi connectivity index (χ3n) is 4.07. The third-order valence-corrected chi connectivity index (χ3v) is 5.62. The Hall–Kier alpha value is -2.68. The molecular weight excluding hydrogens is 441 g/mol. The first-order chi connectivity index (χ1) is 13.9. The Kier molecular flexibility index (Phi) is 5.77. The minimum Gasteiger partial charge on any atom is -0.379 e. The number of carbonyl (C=O) groups is 1. The number of halogens is 4. The zero-order valence-electron chi connectivity index (χ0n) is 15.2. The van der Waals surface area contributed by atoms with Crippen molar-refractivity contribution in [2.45, 2.75) is 11.1 Å². The van der Waals surface area contributed by atoms with E-state index in [1.807, 2.05) is 16.5 Å². The van der Waals surface area contributed by atoms with Crippen molar-refractivity contribution in [3.8, 4) is 11.1 Å². The standard InChI is InChI=1S/C18H13F4N3O3S.Al/c1-29(27,28)15-5-3-2-4-11(15)10-6-7-13(12(19)8-10)23-17(26)14-9-16(25-24-14)18(20,21)22;/h2-9H,1H3,(H2,23,24,25,26);/q;+1/p-1. The van der Waals surface area contributed by atoms with Gasteiger partial charge in [-0.25, -0.2) is 12.8 Å². The van der Waals surface area contributed by atoms with Crippen molar-refractivity contribution in [1.29, 1.82) is 0 Å². The lowest BCUT2D eigenvalue weighted by molar-refractivity contribution is -0.141. The van der Waals surface area contributed by atoms with Gasteiger partial charge in [0.25, 0.3) is 5.91 Å². The second kappa shape index (κ2) is 7.87. The molecule has 0 atom stereocenters. The first-order valence-corrected chi connectivity index (χ1v) is 10.6. The average molecular weight is 453 g/mol. The number of nitrogens with one attached hydrogen (secondary N) is 1. The van der Waals surface area contributed by atoms with E-state index in [9.17, 15) is 30.8 Å². The summed E-state index contributed by atoms with van der Waals surface area (Å²) < 4.78 is 77.3. The molecule has 6 nitrogen and oxygen atoms in total. The van der Waals surface area contributed by atoms with Crippen LogP contribution in [0.2, 0.25) is 0 Å². The fraction of sp³-hybridized carbons (Fsp3) is 0.111. The van der Waals surface area contributed by atoms with Crippen molar-refractivity contribution in [2.75, 3.05) is 11.6 Å². The predicted molar refractivity (Wildman–Crippen MR) is 101 cm³/mol. The molecule has 30 heavy (non-hydrogen) atoms. The van der Waals surface area contributed by atoms with Crippen LogP contribution in [-0.2, 0) is 16.0 Å². The van der Waals surface area contributed by atoms with Gasteiger partial charge in [0.15, 0.2) is 15.5 Å². The Morgan fingerprint density at radius 3 is 2.37 bits per heavy atom. The highest BCUT2D eigenvalue weighted by atomic mass is 32.2. The van der Waals surface area contributed by atoms with Gasteiger partial charge in [-0.3, -0.25) is 4.79 Å². The number of carbonyl (C=O) groups excluding carboxylic acids is 1. The highest BCUT2D eigenvalue weighted by molar-refractivity contribution is 7.90. The number of amides is 1. The molecule has 0 aliphatic rings. The van der Waals surface area contributed by atoms with Gasteiger partial charge >= 0.3 is 22.7 Å². The minimum atomic E-state index is -4.74. The molecule has 1 N–H and O–H groups in total. The Morgan fingerprint density at radius 1 is 1.13 bits per heavy atom. The number of hydrogen-bond donors (Lipinski definition) is 1. The molecule has 0 saturated carbocycles. The first-order valence-electron chi connectivity index (χ1n) is 8.20. The van der Waals surface area contributed by atoms with Crippen LogP contribution in [0.15, 0.2) is 53.4 Å². The zero-order chi connectivity index (χ0) is 22.3. The lowest BCUT2D eigenvalue weighted by Crippen LogP contribution is -2.17. The van der Waals surface area contributed by atoms with Crippen molar-refractivity contribution in [3.05, 3.63) is 65.7 Å². The number of aromatic nitrogens is 2. The van der Waals surface area contributed by atoms with Crippen LogP contribution in [0.25, 0.3) is 11.1 Å². The zero-order valence-corrected chi connectivity index (χ0v) is 17.2. The van der Waals surface area contributed by atoms with Crippen LogP contribution < -0.4 is 5.32 Å². The first kappa shape index (κ1) is 22.0.